The Balaban J connectivity index is 1.26. The minimum Gasteiger partial charge on any atom is -0.393 e. The van der Waals surface area contributed by atoms with Crippen molar-refractivity contribution < 1.29 is 9.63 Å². The van der Waals surface area contributed by atoms with Gasteiger partial charge >= 0.3 is 0 Å². The van der Waals surface area contributed by atoms with E-state index in [9.17, 15) is 5.11 Å². The van der Waals surface area contributed by atoms with E-state index in [0.29, 0.717) is 24.1 Å². The fourth-order valence-corrected chi connectivity index (χ4v) is 3.41. The molecule has 128 valence electrons. The van der Waals surface area contributed by atoms with Crippen molar-refractivity contribution in [2.75, 3.05) is 6.54 Å². The molecule has 2 aromatic heterocycles. The topological polar surface area (TPSA) is 97.0 Å². The number of nitrogens with one attached hydrogen (secondary N) is 1. The zero-order chi connectivity index (χ0) is 16.5. The van der Waals surface area contributed by atoms with E-state index in [1.54, 1.807) is 0 Å². The van der Waals surface area contributed by atoms with Gasteiger partial charge in [0, 0.05) is 42.9 Å². The van der Waals surface area contributed by atoms with Crippen LogP contribution >= 0.6 is 0 Å². The molecule has 7 nitrogen and oxygen atoms in total. The lowest BCUT2D eigenvalue weighted by atomic mass is 10.0. The molecule has 0 aromatic carbocycles. The Labute approximate surface area is 140 Å². The van der Waals surface area contributed by atoms with Crippen LogP contribution in [0.15, 0.2) is 16.9 Å². The fraction of sp³-hybridized carbons (Fsp3) is 0.647. The third-order valence-corrected chi connectivity index (χ3v) is 4.95. The monoisotopic (exact) mass is 329 g/mol. The second kappa shape index (κ2) is 6.57. The van der Waals surface area contributed by atoms with Crippen LogP contribution in [0.2, 0.25) is 0 Å². The third-order valence-electron chi connectivity index (χ3n) is 4.95. The van der Waals surface area contributed by atoms with E-state index >= 15 is 0 Å². The largest absolute Gasteiger partial charge is 0.393 e. The van der Waals surface area contributed by atoms with Gasteiger partial charge in [-0.15, -0.1) is 0 Å². The van der Waals surface area contributed by atoms with E-state index in [1.165, 1.54) is 12.8 Å². The number of rotatable bonds is 6. The molecule has 0 aliphatic heterocycles. The Bertz CT molecular complexity index is 683. The first-order valence-electron chi connectivity index (χ1n) is 8.69. The van der Waals surface area contributed by atoms with Crippen LogP contribution in [-0.2, 0) is 6.54 Å². The van der Waals surface area contributed by atoms with Crippen molar-refractivity contribution in [3.05, 3.63) is 35.5 Å². The lowest BCUT2D eigenvalue weighted by molar-refractivity contribution is 0.130. The molecule has 0 radical (unpaired) electrons. The molecule has 0 amide bonds. The normalized spacial score (nSPS) is 26.8. The van der Waals surface area contributed by atoms with E-state index in [1.807, 2.05) is 19.3 Å². The summed E-state index contributed by atoms with van der Waals surface area (Å²) in [4.78, 5) is 13.2. The zero-order valence-electron chi connectivity index (χ0n) is 13.9. The Hall–Kier alpha value is -1.86. The number of hydrogen-bond acceptors (Lipinski definition) is 7. The molecular weight excluding hydrogens is 306 g/mol. The van der Waals surface area contributed by atoms with E-state index < -0.39 is 0 Å². The third kappa shape index (κ3) is 3.47. The van der Waals surface area contributed by atoms with Crippen LogP contribution in [-0.4, -0.2) is 37.9 Å². The van der Waals surface area contributed by atoms with Crippen LogP contribution in [0.1, 0.15) is 60.6 Å². The zero-order valence-corrected chi connectivity index (χ0v) is 13.9. The van der Waals surface area contributed by atoms with Crippen molar-refractivity contribution in [2.45, 2.75) is 57.1 Å². The number of aliphatic hydroxyl groups excluding tert-OH is 1. The highest BCUT2D eigenvalue weighted by Crippen LogP contribution is 2.38. The summed E-state index contributed by atoms with van der Waals surface area (Å²) >= 11 is 0. The van der Waals surface area contributed by atoms with Gasteiger partial charge in [0.15, 0.2) is 5.82 Å². The number of nitrogens with zero attached hydrogens (tertiary/aromatic N) is 4. The predicted octanol–water partition coefficient (Wildman–Crippen LogP) is 1.69. The minimum absolute atomic E-state index is 0.161. The molecule has 3 atom stereocenters. The van der Waals surface area contributed by atoms with Gasteiger partial charge in [-0.05, 0) is 38.5 Å². The Morgan fingerprint density at radius 3 is 2.67 bits per heavy atom. The van der Waals surface area contributed by atoms with Crippen LogP contribution in [0.5, 0.6) is 0 Å². The van der Waals surface area contributed by atoms with Crippen molar-refractivity contribution >= 4 is 0 Å². The highest BCUT2D eigenvalue weighted by molar-refractivity contribution is 5.10. The summed E-state index contributed by atoms with van der Waals surface area (Å²) in [5, 5.41) is 17.5. The molecule has 0 spiro atoms. The van der Waals surface area contributed by atoms with Crippen molar-refractivity contribution in [2.24, 2.45) is 5.92 Å². The van der Waals surface area contributed by atoms with E-state index in [0.717, 1.165) is 30.9 Å². The van der Waals surface area contributed by atoms with Crippen LogP contribution in [0, 0.1) is 12.8 Å². The minimum atomic E-state index is -0.330. The molecule has 2 aliphatic carbocycles. The van der Waals surface area contributed by atoms with Gasteiger partial charge in [-0.2, -0.15) is 4.98 Å². The van der Waals surface area contributed by atoms with E-state index in [2.05, 4.69) is 25.4 Å². The van der Waals surface area contributed by atoms with Gasteiger partial charge in [-0.25, -0.2) is 9.97 Å². The smallest absolute Gasteiger partial charge is 0.229 e. The van der Waals surface area contributed by atoms with Crippen molar-refractivity contribution in [3.8, 4) is 0 Å². The van der Waals surface area contributed by atoms with Crippen LogP contribution in [0.25, 0.3) is 0 Å². The molecular formula is C17H23N5O2. The van der Waals surface area contributed by atoms with Gasteiger partial charge in [0.25, 0.3) is 0 Å². The molecule has 7 heteroatoms. The SMILES string of the molecule is Cc1noc([C@H]2C[C@H](CNCc3cnc(C4CC4)nc3)[C@H](O)C2)n1. The molecule has 24 heavy (non-hydrogen) atoms. The van der Waals surface area contributed by atoms with Crippen LogP contribution in [0.3, 0.4) is 0 Å². The van der Waals surface area contributed by atoms with Crippen molar-refractivity contribution in [1.29, 1.82) is 0 Å². The highest BCUT2D eigenvalue weighted by Gasteiger charge is 2.36. The van der Waals surface area contributed by atoms with Gasteiger partial charge in [0.1, 0.15) is 5.82 Å². The molecule has 0 saturated heterocycles. The summed E-state index contributed by atoms with van der Waals surface area (Å²) in [6.07, 6.45) is 7.48. The summed E-state index contributed by atoms with van der Waals surface area (Å²) in [6.45, 7) is 3.29. The molecule has 2 heterocycles. The molecule has 2 N–H and O–H groups in total. The van der Waals surface area contributed by atoms with E-state index in [4.69, 9.17) is 4.52 Å². The molecule has 0 unspecified atom stereocenters. The average Bonchev–Trinajstić information content (AvgIpc) is 3.24. The standard InChI is InChI=1S/C17H23N5O2/c1-10-21-17(24-22-10)13-4-14(15(23)5-13)9-18-6-11-7-19-16(20-8-11)12-2-3-12/h7-8,12-15,18,23H,2-6,9H2,1H3/t13-,14+,15+/m0/s1. The maximum atomic E-state index is 10.3. The van der Waals surface area contributed by atoms with Gasteiger partial charge in [-0.3, -0.25) is 0 Å². The first-order valence-corrected chi connectivity index (χ1v) is 8.69. The predicted molar refractivity (Wildman–Crippen MR) is 86.2 cm³/mol. The summed E-state index contributed by atoms with van der Waals surface area (Å²) in [5.41, 5.74) is 1.08. The Kier molecular flexibility index (Phi) is 4.28. The molecule has 2 saturated carbocycles. The number of hydrogen-bond donors (Lipinski definition) is 2. The van der Waals surface area contributed by atoms with E-state index in [-0.39, 0.29) is 17.9 Å². The Morgan fingerprint density at radius 2 is 2.00 bits per heavy atom. The molecule has 2 aliphatic rings. The molecule has 2 aromatic rings. The first kappa shape index (κ1) is 15.7. The average molecular weight is 329 g/mol. The molecule has 2 fully saturated rings. The second-order valence-electron chi connectivity index (χ2n) is 7.03. The Morgan fingerprint density at radius 1 is 1.21 bits per heavy atom. The first-order chi connectivity index (χ1) is 11.7. The van der Waals surface area contributed by atoms with Gasteiger partial charge in [-0.1, -0.05) is 5.16 Å². The quantitative estimate of drug-likeness (QED) is 0.832. The molecule has 0 bridgehead atoms. The van der Waals surface area contributed by atoms with Gasteiger partial charge in [0.05, 0.1) is 6.10 Å². The fourth-order valence-electron chi connectivity index (χ4n) is 3.41. The maximum Gasteiger partial charge on any atom is 0.229 e. The lowest BCUT2D eigenvalue weighted by Crippen LogP contribution is -2.27. The highest BCUT2D eigenvalue weighted by atomic mass is 16.5. The second-order valence-corrected chi connectivity index (χ2v) is 7.03. The summed E-state index contributed by atoms with van der Waals surface area (Å²) in [5.74, 6) is 3.23. The van der Waals surface area contributed by atoms with Gasteiger partial charge in [0.2, 0.25) is 5.89 Å². The summed E-state index contributed by atoms with van der Waals surface area (Å²) < 4.78 is 5.25. The summed E-state index contributed by atoms with van der Waals surface area (Å²) in [7, 11) is 0. The number of aromatic nitrogens is 4. The lowest BCUT2D eigenvalue weighted by Gasteiger charge is -2.14. The van der Waals surface area contributed by atoms with Crippen molar-refractivity contribution in [3.63, 3.8) is 0 Å². The number of aryl methyl sites for hydroxylation is 1. The molecule has 4 rings (SSSR count). The van der Waals surface area contributed by atoms with Crippen LogP contribution in [0.4, 0.5) is 0 Å². The maximum absolute atomic E-state index is 10.3. The van der Waals surface area contributed by atoms with Gasteiger partial charge < -0.3 is 14.9 Å². The van der Waals surface area contributed by atoms with Crippen molar-refractivity contribution in [1.82, 2.24) is 25.4 Å². The number of aliphatic hydroxyl groups is 1. The van der Waals surface area contributed by atoms with Crippen LogP contribution < -0.4 is 5.32 Å². The summed E-state index contributed by atoms with van der Waals surface area (Å²) in [6, 6.07) is 0.